The molecule has 0 saturated heterocycles. The Balaban J connectivity index is 2.58. The second-order valence-corrected chi connectivity index (χ2v) is 5.97. The number of nitrogens with zero attached hydrogens (tertiary/aromatic N) is 1. The van der Waals surface area contributed by atoms with E-state index in [0.29, 0.717) is 12.3 Å². The molecule has 0 fully saturated rings. The van der Waals surface area contributed by atoms with Crippen molar-refractivity contribution < 1.29 is 19.2 Å². The monoisotopic (exact) mass is 284 g/mol. The highest BCUT2D eigenvalue weighted by Crippen LogP contribution is 2.25. The lowest BCUT2D eigenvalue weighted by atomic mass is 9.80. The first-order valence-corrected chi connectivity index (χ1v) is 6.68. The largest absolute Gasteiger partial charge is 0.392 e. The van der Waals surface area contributed by atoms with Gasteiger partial charge in [0, 0.05) is 25.1 Å². The summed E-state index contributed by atoms with van der Waals surface area (Å²) >= 11 is 0. The fourth-order valence-electron chi connectivity index (χ4n) is 2.04. The fraction of sp³-hybridized carbons (Fsp3) is 0.714. The number of hydrogen-bond donors (Lipinski definition) is 2. The van der Waals surface area contributed by atoms with E-state index in [9.17, 15) is 9.90 Å². The average Bonchev–Trinajstić information content (AvgIpc) is 2.84. The van der Waals surface area contributed by atoms with Crippen molar-refractivity contribution in [2.24, 2.45) is 11.3 Å². The summed E-state index contributed by atoms with van der Waals surface area (Å²) in [7, 11) is 1.54. The van der Waals surface area contributed by atoms with Crippen molar-refractivity contribution in [2.75, 3.05) is 13.7 Å². The summed E-state index contributed by atoms with van der Waals surface area (Å²) in [6.45, 7) is 8.36. The van der Waals surface area contributed by atoms with Crippen LogP contribution in [0.4, 0.5) is 0 Å². The topological polar surface area (TPSA) is 84.6 Å². The minimum atomic E-state index is -0.496. The zero-order valence-corrected chi connectivity index (χ0v) is 12.8. The van der Waals surface area contributed by atoms with E-state index in [1.807, 2.05) is 27.7 Å². The molecular formula is C14H24N2O4. The molecule has 1 rings (SSSR count). The molecule has 0 aliphatic carbocycles. The molecule has 1 unspecified atom stereocenters. The van der Waals surface area contributed by atoms with Crippen molar-refractivity contribution >= 4 is 5.91 Å². The van der Waals surface area contributed by atoms with Gasteiger partial charge in [0.25, 0.3) is 5.91 Å². The van der Waals surface area contributed by atoms with Crippen LogP contribution in [0.1, 0.15) is 43.9 Å². The van der Waals surface area contributed by atoms with Crippen LogP contribution in [0.25, 0.3) is 0 Å². The first-order valence-electron chi connectivity index (χ1n) is 6.68. The van der Waals surface area contributed by atoms with Crippen LogP contribution in [0.15, 0.2) is 10.6 Å². The molecular weight excluding hydrogens is 260 g/mol. The normalized spacial score (nSPS) is 13.6. The van der Waals surface area contributed by atoms with E-state index in [1.165, 1.54) is 7.11 Å². The maximum atomic E-state index is 11.9. The Kier molecular flexibility index (Phi) is 5.71. The molecule has 1 heterocycles. The van der Waals surface area contributed by atoms with Gasteiger partial charge in [-0.25, -0.2) is 0 Å². The molecule has 2 N–H and O–H groups in total. The third-order valence-electron chi connectivity index (χ3n) is 3.21. The zero-order chi connectivity index (χ0) is 15.3. The van der Waals surface area contributed by atoms with Gasteiger partial charge < -0.3 is 19.7 Å². The minimum Gasteiger partial charge on any atom is -0.392 e. The standard InChI is InChI=1S/C14H24N2O4/c1-9(2)12(17)14(3,4)8-15-13(18)11-6-10(7-19-5)20-16-11/h6,9,12,17H,7-8H2,1-5H3,(H,15,18). The van der Waals surface area contributed by atoms with Gasteiger partial charge in [-0.2, -0.15) is 0 Å². The van der Waals surface area contributed by atoms with Crippen molar-refractivity contribution in [3.05, 3.63) is 17.5 Å². The van der Waals surface area contributed by atoms with Crippen LogP contribution in [0.5, 0.6) is 0 Å². The predicted molar refractivity (Wildman–Crippen MR) is 74.2 cm³/mol. The summed E-state index contributed by atoms with van der Waals surface area (Å²) in [5, 5.41) is 16.6. The number of hydrogen-bond acceptors (Lipinski definition) is 5. The molecule has 1 atom stereocenters. The Bertz CT molecular complexity index is 440. The van der Waals surface area contributed by atoms with Crippen molar-refractivity contribution in [1.29, 1.82) is 0 Å². The molecule has 1 amide bonds. The second kappa shape index (κ2) is 6.85. The molecule has 0 spiro atoms. The van der Waals surface area contributed by atoms with Crippen molar-refractivity contribution in [1.82, 2.24) is 10.5 Å². The number of ether oxygens (including phenoxy) is 1. The van der Waals surface area contributed by atoms with Gasteiger partial charge in [-0.1, -0.05) is 32.9 Å². The first-order chi connectivity index (χ1) is 9.27. The van der Waals surface area contributed by atoms with Crippen LogP contribution in [-0.4, -0.2) is 35.9 Å². The molecule has 0 aliphatic rings. The van der Waals surface area contributed by atoms with Gasteiger partial charge in [0.2, 0.25) is 0 Å². The van der Waals surface area contributed by atoms with Crippen LogP contribution in [-0.2, 0) is 11.3 Å². The number of aliphatic hydroxyl groups excluding tert-OH is 1. The summed E-state index contributed by atoms with van der Waals surface area (Å²) in [5.41, 5.74) is -0.199. The summed E-state index contributed by atoms with van der Waals surface area (Å²) in [6, 6.07) is 1.55. The van der Waals surface area contributed by atoms with E-state index in [-0.39, 0.29) is 24.1 Å². The van der Waals surface area contributed by atoms with Gasteiger partial charge in [-0.15, -0.1) is 0 Å². The molecule has 0 aliphatic heterocycles. The Labute approximate surface area is 119 Å². The number of amides is 1. The predicted octanol–water partition coefficient (Wildman–Crippen LogP) is 1.59. The van der Waals surface area contributed by atoms with Crippen molar-refractivity contribution in [2.45, 2.75) is 40.4 Å². The number of carbonyl (C=O) groups is 1. The van der Waals surface area contributed by atoms with E-state index in [1.54, 1.807) is 6.07 Å². The van der Waals surface area contributed by atoms with Crippen LogP contribution < -0.4 is 5.32 Å². The molecule has 114 valence electrons. The van der Waals surface area contributed by atoms with E-state index in [4.69, 9.17) is 9.26 Å². The lowest BCUT2D eigenvalue weighted by Gasteiger charge is -2.33. The SMILES string of the molecule is COCc1cc(C(=O)NCC(C)(C)C(O)C(C)C)no1. The Morgan fingerprint density at radius 1 is 1.55 bits per heavy atom. The molecule has 0 saturated carbocycles. The van der Waals surface area contributed by atoms with Crippen molar-refractivity contribution in [3.8, 4) is 0 Å². The average molecular weight is 284 g/mol. The van der Waals surface area contributed by atoms with Crippen LogP contribution in [0, 0.1) is 11.3 Å². The Morgan fingerprint density at radius 2 is 2.20 bits per heavy atom. The highest BCUT2D eigenvalue weighted by molar-refractivity contribution is 5.92. The van der Waals surface area contributed by atoms with Gasteiger partial charge in [0.1, 0.15) is 6.61 Å². The smallest absolute Gasteiger partial charge is 0.273 e. The van der Waals surface area contributed by atoms with Gasteiger partial charge in [-0.05, 0) is 5.92 Å². The molecule has 0 bridgehead atoms. The second-order valence-electron chi connectivity index (χ2n) is 5.97. The maximum absolute atomic E-state index is 11.9. The lowest BCUT2D eigenvalue weighted by Crippen LogP contribution is -2.43. The third-order valence-corrected chi connectivity index (χ3v) is 3.21. The summed E-state index contributed by atoms with van der Waals surface area (Å²) in [4.78, 5) is 11.9. The number of aliphatic hydroxyl groups is 1. The first kappa shape index (κ1) is 16.7. The summed E-state index contributed by atoms with van der Waals surface area (Å²) < 4.78 is 9.85. The van der Waals surface area contributed by atoms with E-state index < -0.39 is 11.5 Å². The fourth-order valence-corrected chi connectivity index (χ4v) is 2.04. The molecule has 6 heteroatoms. The number of aromatic nitrogens is 1. The number of nitrogens with one attached hydrogen (secondary N) is 1. The molecule has 6 nitrogen and oxygen atoms in total. The molecule has 20 heavy (non-hydrogen) atoms. The van der Waals surface area contributed by atoms with E-state index in [2.05, 4.69) is 10.5 Å². The number of rotatable bonds is 7. The van der Waals surface area contributed by atoms with Gasteiger partial charge in [-0.3, -0.25) is 4.79 Å². The van der Waals surface area contributed by atoms with Gasteiger partial charge in [0.05, 0.1) is 6.10 Å². The van der Waals surface area contributed by atoms with Gasteiger partial charge in [0.15, 0.2) is 11.5 Å². The third kappa shape index (κ3) is 4.31. The Morgan fingerprint density at radius 3 is 2.75 bits per heavy atom. The summed E-state index contributed by atoms with van der Waals surface area (Å²) in [6.07, 6.45) is -0.496. The maximum Gasteiger partial charge on any atom is 0.273 e. The highest BCUT2D eigenvalue weighted by Gasteiger charge is 2.30. The van der Waals surface area contributed by atoms with E-state index in [0.717, 1.165) is 0 Å². The van der Waals surface area contributed by atoms with E-state index >= 15 is 0 Å². The lowest BCUT2D eigenvalue weighted by molar-refractivity contribution is 0.0137. The molecule has 0 radical (unpaired) electrons. The number of methoxy groups -OCH3 is 1. The molecule has 1 aromatic rings. The quantitative estimate of drug-likeness (QED) is 0.794. The van der Waals surface area contributed by atoms with Gasteiger partial charge >= 0.3 is 0 Å². The minimum absolute atomic E-state index is 0.127. The molecule has 1 aromatic heterocycles. The summed E-state index contributed by atoms with van der Waals surface area (Å²) in [5.74, 6) is 0.307. The van der Waals surface area contributed by atoms with Crippen LogP contribution in [0.2, 0.25) is 0 Å². The van der Waals surface area contributed by atoms with Crippen LogP contribution in [0.3, 0.4) is 0 Å². The van der Waals surface area contributed by atoms with Crippen molar-refractivity contribution in [3.63, 3.8) is 0 Å². The molecule has 0 aromatic carbocycles. The Hall–Kier alpha value is -1.40. The number of carbonyl (C=O) groups excluding carboxylic acids is 1. The van der Waals surface area contributed by atoms with Crippen LogP contribution >= 0.6 is 0 Å². The zero-order valence-electron chi connectivity index (χ0n) is 12.8. The highest BCUT2D eigenvalue weighted by atomic mass is 16.5.